The third-order valence-electron chi connectivity index (χ3n) is 7.63. The Balaban J connectivity index is 1.74. The molecule has 1 saturated carbocycles. The van der Waals surface area contributed by atoms with E-state index in [1.807, 2.05) is 24.3 Å². The van der Waals surface area contributed by atoms with E-state index >= 15 is 0 Å². The minimum Gasteiger partial charge on any atom is -0.497 e. The van der Waals surface area contributed by atoms with Crippen LogP contribution in [0.3, 0.4) is 0 Å². The molecular weight excluding hydrogens is 488 g/mol. The topological polar surface area (TPSA) is 123 Å². The molecule has 0 radical (unpaired) electrons. The predicted octanol–water partition coefficient (Wildman–Crippen LogP) is 2.78. The second-order valence-corrected chi connectivity index (χ2v) is 10.8. The van der Waals surface area contributed by atoms with Gasteiger partial charge in [-0.2, -0.15) is 0 Å². The number of benzene rings is 1. The summed E-state index contributed by atoms with van der Waals surface area (Å²) in [7, 11) is 3.09. The van der Waals surface area contributed by atoms with Gasteiger partial charge in [-0.3, -0.25) is 19.2 Å². The molecule has 210 valence electrons. The van der Waals surface area contributed by atoms with Gasteiger partial charge in [-0.1, -0.05) is 37.8 Å². The summed E-state index contributed by atoms with van der Waals surface area (Å²) in [4.78, 5) is 52.1. The number of nitrogens with one attached hydrogen (secondary N) is 2. The molecule has 0 bridgehead atoms. The first-order valence-electron chi connectivity index (χ1n) is 13.6. The van der Waals surface area contributed by atoms with Gasteiger partial charge in [0.2, 0.25) is 11.8 Å². The second kappa shape index (κ2) is 13.8. The number of rotatable bonds is 16. The van der Waals surface area contributed by atoms with Crippen LogP contribution >= 0.6 is 0 Å². The van der Waals surface area contributed by atoms with Gasteiger partial charge in [0.1, 0.15) is 11.4 Å². The number of hydrogen-bond acceptors (Lipinski definition) is 7. The quantitative estimate of drug-likeness (QED) is 0.315. The number of hydrogen-bond donors (Lipinski definition) is 2. The van der Waals surface area contributed by atoms with Crippen LogP contribution in [0.1, 0.15) is 64.4 Å². The number of methoxy groups -OCH3 is 2. The van der Waals surface area contributed by atoms with Crippen LogP contribution in [0.4, 0.5) is 0 Å². The summed E-state index contributed by atoms with van der Waals surface area (Å²) in [6.07, 6.45) is 5.34. The molecule has 4 atom stereocenters. The Labute approximate surface area is 225 Å². The average molecular weight is 531 g/mol. The summed E-state index contributed by atoms with van der Waals surface area (Å²) in [5.74, 6) is -0.613. The summed E-state index contributed by atoms with van der Waals surface area (Å²) in [5.41, 5.74) is 0.0189. The SMILES string of the molecule is COCCC(=O)N[C@@H](C)C(=O)C[C@@H](Cc1ccc(OC)cc1)C(=O)N[C@@H](CC1CCCC1)C(=O)[C@@]1(C)CO1. The number of carbonyl (C=O) groups excluding carboxylic acids is 4. The van der Waals surface area contributed by atoms with Crippen molar-refractivity contribution in [3.63, 3.8) is 0 Å². The molecule has 2 amide bonds. The van der Waals surface area contributed by atoms with Crippen LogP contribution < -0.4 is 15.4 Å². The first-order valence-corrected chi connectivity index (χ1v) is 13.6. The summed E-state index contributed by atoms with van der Waals surface area (Å²) in [5, 5.41) is 5.68. The van der Waals surface area contributed by atoms with Crippen molar-refractivity contribution in [1.29, 1.82) is 0 Å². The van der Waals surface area contributed by atoms with Crippen molar-refractivity contribution in [3.8, 4) is 5.75 Å². The molecule has 1 saturated heterocycles. The molecule has 1 aliphatic heterocycles. The molecule has 9 nitrogen and oxygen atoms in total. The monoisotopic (exact) mass is 530 g/mol. The van der Waals surface area contributed by atoms with Gasteiger partial charge in [-0.25, -0.2) is 0 Å². The highest BCUT2D eigenvalue weighted by Gasteiger charge is 2.50. The van der Waals surface area contributed by atoms with Crippen molar-refractivity contribution in [3.05, 3.63) is 29.8 Å². The van der Waals surface area contributed by atoms with Gasteiger partial charge < -0.3 is 24.8 Å². The van der Waals surface area contributed by atoms with Gasteiger partial charge in [0.05, 0.1) is 32.4 Å². The zero-order chi connectivity index (χ0) is 27.7. The maximum atomic E-state index is 13.6. The molecule has 0 unspecified atom stereocenters. The molecule has 2 N–H and O–H groups in total. The van der Waals surface area contributed by atoms with Gasteiger partial charge in [-0.05, 0) is 50.3 Å². The van der Waals surface area contributed by atoms with E-state index in [9.17, 15) is 19.2 Å². The lowest BCUT2D eigenvalue weighted by molar-refractivity contribution is -0.134. The maximum absolute atomic E-state index is 13.6. The Morgan fingerprint density at radius 2 is 1.74 bits per heavy atom. The molecule has 9 heteroatoms. The highest BCUT2D eigenvalue weighted by Crippen LogP contribution is 2.33. The van der Waals surface area contributed by atoms with Gasteiger partial charge in [0.25, 0.3) is 0 Å². The zero-order valence-corrected chi connectivity index (χ0v) is 23.0. The van der Waals surface area contributed by atoms with Gasteiger partial charge in [-0.15, -0.1) is 0 Å². The fraction of sp³-hybridized carbons (Fsp3) is 0.655. The minimum atomic E-state index is -0.848. The smallest absolute Gasteiger partial charge is 0.224 e. The van der Waals surface area contributed by atoms with Crippen LogP contribution in [-0.2, 0) is 35.1 Å². The van der Waals surface area contributed by atoms with Gasteiger partial charge in [0, 0.05) is 25.9 Å². The molecule has 0 aromatic heterocycles. The highest BCUT2D eigenvalue weighted by molar-refractivity contribution is 5.98. The Morgan fingerprint density at radius 1 is 1.08 bits per heavy atom. The van der Waals surface area contributed by atoms with Gasteiger partial charge in [0.15, 0.2) is 11.6 Å². The van der Waals surface area contributed by atoms with Crippen LogP contribution in [0.25, 0.3) is 0 Å². The Bertz CT molecular complexity index is 968. The highest BCUT2D eigenvalue weighted by atomic mass is 16.6. The van der Waals surface area contributed by atoms with E-state index in [2.05, 4.69) is 10.6 Å². The van der Waals surface area contributed by atoms with Crippen molar-refractivity contribution in [2.75, 3.05) is 27.4 Å². The molecule has 2 aliphatic rings. The lowest BCUT2D eigenvalue weighted by atomic mass is 9.88. The van der Waals surface area contributed by atoms with Crippen LogP contribution in [0.5, 0.6) is 5.75 Å². The third-order valence-corrected chi connectivity index (χ3v) is 7.63. The van der Waals surface area contributed by atoms with Crippen molar-refractivity contribution < 1.29 is 33.4 Å². The Morgan fingerprint density at radius 3 is 2.32 bits per heavy atom. The van der Waals surface area contributed by atoms with E-state index in [-0.39, 0.29) is 42.8 Å². The summed E-state index contributed by atoms with van der Waals surface area (Å²) < 4.78 is 15.6. The van der Waals surface area contributed by atoms with Crippen LogP contribution in [0.2, 0.25) is 0 Å². The number of carbonyl (C=O) groups is 4. The third kappa shape index (κ3) is 8.63. The van der Waals surface area contributed by atoms with E-state index < -0.39 is 23.6 Å². The first kappa shape index (κ1) is 29.8. The van der Waals surface area contributed by atoms with Crippen LogP contribution in [0, 0.1) is 11.8 Å². The maximum Gasteiger partial charge on any atom is 0.224 e. The van der Waals surface area contributed by atoms with E-state index in [0.717, 1.165) is 31.2 Å². The molecular formula is C29H42N2O7. The van der Waals surface area contributed by atoms with Crippen molar-refractivity contribution in [2.45, 2.75) is 82.9 Å². The number of Topliss-reactive ketones (excluding diaryl/α,β-unsaturated/α-hetero) is 2. The van der Waals surface area contributed by atoms with Crippen LogP contribution in [0.15, 0.2) is 24.3 Å². The predicted molar refractivity (Wildman–Crippen MR) is 142 cm³/mol. The molecule has 3 rings (SSSR count). The minimum absolute atomic E-state index is 0.0678. The fourth-order valence-corrected chi connectivity index (χ4v) is 5.03. The van der Waals surface area contributed by atoms with Crippen LogP contribution in [-0.4, -0.2) is 68.5 Å². The van der Waals surface area contributed by atoms with Crippen molar-refractivity contribution >= 4 is 23.4 Å². The van der Waals surface area contributed by atoms with Crippen molar-refractivity contribution in [1.82, 2.24) is 10.6 Å². The molecule has 1 aromatic carbocycles. The normalized spacial score (nSPS) is 21.3. The summed E-state index contributed by atoms with van der Waals surface area (Å²) in [6, 6.07) is 5.93. The Kier molecular flexibility index (Phi) is 10.8. The van der Waals surface area contributed by atoms with E-state index in [0.29, 0.717) is 31.1 Å². The Hall–Kier alpha value is -2.78. The number of ketones is 2. The molecule has 38 heavy (non-hydrogen) atoms. The standard InChI is InChI=1S/C29H42N2O7/c1-19(30-26(33)13-14-36-3)25(32)17-22(15-21-9-11-23(37-4)12-10-21)28(35)31-24(16-20-7-5-6-8-20)27(34)29(2)18-38-29/h9-12,19-20,22,24H,5-8,13-18H2,1-4H3,(H,30,33)(H,31,35)/t19-,22+,24-,29+/m0/s1. The largest absolute Gasteiger partial charge is 0.497 e. The molecule has 2 fully saturated rings. The van der Waals surface area contributed by atoms with Crippen molar-refractivity contribution in [2.24, 2.45) is 11.8 Å². The lowest BCUT2D eigenvalue weighted by Crippen LogP contribution is -2.49. The van der Waals surface area contributed by atoms with E-state index in [4.69, 9.17) is 14.2 Å². The molecule has 0 spiro atoms. The second-order valence-electron chi connectivity index (χ2n) is 10.8. The molecule has 1 aliphatic carbocycles. The van der Waals surface area contributed by atoms with E-state index in [1.165, 1.54) is 7.11 Å². The number of amides is 2. The van der Waals surface area contributed by atoms with E-state index in [1.54, 1.807) is 21.0 Å². The average Bonchev–Trinajstić information content (AvgIpc) is 3.45. The number of epoxide rings is 1. The fourth-order valence-electron chi connectivity index (χ4n) is 5.03. The number of ether oxygens (including phenoxy) is 3. The lowest BCUT2D eigenvalue weighted by Gasteiger charge is -2.26. The summed E-state index contributed by atoms with van der Waals surface area (Å²) >= 11 is 0. The molecule has 1 heterocycles. The zero-order valence-electron chi connectivity index (χ0n) is 23.0. The van der Waals surface area contributed by atoms with Gasteiger partial charge >= 0.3 is 0 Å². The molecule has 1 aromatic rings. The first-order chi connectivity index (χ1) is 18.1. The summed E-state index contributed by atoms with van der Waals surface area (Å²) in [6.45, 7) is 3.99.